The van der Waals surface area contributed by atoms with Gasteiger partial charge in [-0.1, -0.05) is 74.5 Å². The fourth-order valence-corrected chi connectivity index (χ4v) is 5.98. The highest BCUT2D eigenvalue weighted by molar-refractivity contribution is 6.07. The molecule has 6 rings (SSSR count). The number of aromatic nitrogens is 2. The average Bonchev–Trinajstić information content (AvgIpc) is 3.40. The van der Waals surface area contributed by atoms with Crippen LogP contribution in [0.25, 0.3) is 44.7 Å². The van der Waals surface area contributed by atoms with Crippen LogP contribution in [0.4, 0.5) is 0 Å². The summed E-state index contributed by atoms with van der Waals surface area (Å²) < 4.78 is 11.5. The number of para-hydroxylation sites is 2. The first-order chi connectivity index (χ1) is 17.9. The van der Waals surface area contributed by atoms with Gasteiger partial charge < -0.3 is 4.42 Å². The van der Waals surface area contributed by atoms with Gasteiger partial charge in [0.1, 0.15) is 17.0 Å². The van der Waals surface area contributed by atoms with Crippen molar-refractivity contribution in [3.63, 3.8) is 0 Å². The van der Waals surface area contributed by atoms with Crippen molar-refractivity contribution in [3.8, 4) is 22.8 Å². The van der Waals surface area contributed by atoms with Gasteiger partial charge in [0.2, 0.25) is 0 Å². The molecule has 0 saturated heterocycles. The first-order valence-electron chi connectivity index (χ1n) is 13.1. The van der Waals surface area contributed by atoms with Gasteiger partial charge in [-0.05, 0) is 56.2 Å². The van der Waals surface area contributed by atoms with Crippen molar-refractivity contribution in [1.82, 2.24) is 4.57 Å². The molecule has 3 heteroatoms. The maximum absolute atomic E-state index is 6.61. The summed E-state index contributed by atoms with van der Waals surface area (Å²) in [4.78, 5) is 0. The Labute approximate surface area is 218 Å². The number of rotatable bonds is 4. The van der Waals surface area contributed by atoms with E-state index in [0.717, 1.165) is 27.6 Å². The van der Waals surface area contributed by atoms with Crippen molar-refractivity contribution in [2.24, 2.45) is 0 Å². The maximum atomic E-state index is 6.61. The minimum Gasteiger partial charge on any atom is -0.452 e. The van der Waals surface area contributed by atoms with E-state index in [2.05, 4.69) is 130 Å². The monoisotopic (exact) mass is 485 g/mol. The lowest BCUT2D eigenvalue weighted by Gasteiger charge is -2.13. The molecule has 0 aliphatic carbocycles. The molecule has 3 nitrogen and oxygen atoms in total. The molecule has 0 amide bonds. The van der Waals surface area contributed by atoms with Crippen LogP contribution in [-0.2, 0) is 0 Å². The molecule has 0 fully saturated rings. The first kappa shape index (κ1) is 23.3. The van der Waals surface area contributed by atoms with E-state index in [1.165, 1.54) is 45.2 Å². The zero-order chi connectivity index (χ0) is 25.8. The summed E-state index contributed by atoms with van der Waals surface area (Å²) in [6, 6.07) is 30.1. The highest BCUT2D eigenvalue weighted by Gasteiger charge is 2.36. The van der Waals surface area contributed by atoms with Crippen LogP contribution >= 0.6 is 0 Å². The molecule has 0 bridgehead atoms. The highest BCUT2D eigenvalue weighted by Crippen LogP contribution is 2.38. The van der Waals surface area contributed by atoms with E-state index in [4.69, 9.17) is 4.42 Å². The van der Waals surface area contributed by atoms with E-state index in [1.807, 2.05) is 6.07 Å². The normalized spacial score (nSPS) is 11.8. The molecular weight excluding hydrogens is 452 g/mol. The fraction of sp³-hybridized carbons (Fsp3) is 0.206. The lowest BCUT2D eigenvalue weighted by atomic mass is 10.0. The van der Waals surface area contributed by atoms with Crippen molar-refractivity contribution in [3.05, 3.63) is 113 Å². The van der Waals surface area contributed by atoms with Crippen LogP contribution in [0, 0.1) is 27.7 Å². The number of imidazole rings is 1. The first-order valence-corrected chi connectivity index (χ1v) is 13.1. The molecule has 37 heavy (non-hydrogen) atoms. The molecule has 6 aromatic rings. The summed E-state index contributed by atoms with van der Waals surface area (Å²) in [7, 11) is 0. The number of fused-ring (bicyclic) bond motifs is 3. The van der Waals surface area contributed by atoms with E-state index in [9.17, 15) is 0 Å². The summed E-state index contributed by atoms with van der Waals surface area (Å²) in [5, 5.41) is 2.30. The highest BCUT2D eigenvalue weighted by atomic mass is 16.3. The number of nitrogens with zero attached hydrogens (tertiary/aromatic N) is 2. The fourth-order valence-electron chi connectivity index (χ4n) is 5.98. The summed E-state index contributed by atoms with van der Waals surface area (Å²) in [6.45, 7) is 13.5. The Hall–Kier alpha value is -4.11. The van der Waals surface area contributed by atoms with E-state index >= 15 is 0 Å². The van der Waals surface area contributed by atoms with Crippen molar-refractivity contribution < 1.29 is 8.98 Å². The smallest absolute Gasteiger partial charge is 0.300 e. The number of hydrogen-bond acceptors (Lipinski definition) is 1. The number of benzene rings is 4. The average molecular weight is 486 g/mol. The predicted molar refractivity (Wildman–Crippen MR) is 153 cm³/mol. The van der Waals surface area contributed by atoms with Gasteiger partial charge in [-0.25, -0.2) is 0 Å². The minimum atomic E-state index is 0.319. The van der Waals surface area contributed by atoms with Crippen LogP contribution in [-0.4, -0.2) is 4.57 Å². The second-order valence-corrected chi connectivity index (χ2v) is 10.4. The van der Waals surface area contributed by atoms with E-state index in [1.54, 1.807) is 0 Å². The van der Waals surface area contributed by atoms with Gasteiger partial charge in [0.05, 0.1) is 5.56 Å². The standard InChI is InChI=1S/C34H33N2O/c1-21(2)31-25(6)35(32-24(5)19-20-28-27-17-10-11-18-29(27)37-33(28)32)34(30-22(3)13-12-14-23(30)4)36(31)26-15-8-7-9-16-26/h7-21H,1-6H3/q+1. The Bertz CT molecular complexity index is 1760. The molecule has 0 saturated carbocycles. The van der Waals surface area contributed by atoms with Crippen LogP contribution in [0.1, 0.15) is 47.8 Å². The number of hydrogen-bond donors (Lipinski definition) is 0. The summed E-state index contributed by atoms with van der Waals surface area (Å²) in [5.41, 5.74) is 11.6. The molecular formula is C34H33N2O+. The second kappa shape index (κ2) is 8.77. The third-order valence-electron chi connectivity index (χ3n) is 7.58. The molecule has 184 valence electrons. The lowest BCUT2D eigenvalue weighted by molar-refractivity contribution is -0.589. The Morgan fingerprint density at radius 1 is 0.676 bits per heavy atom. The molecule has 0 atom stereocenters. The molecule has 2 aromatic heterocycles. The van der Waals surface area contributed by atoms with Crippen LogP contribution in [0.3, 0.4) is 0 Å². The summed E-state index contributed by atoms with van der Waals surface area (Å²) in [5.74, 6) is 1.48. The third-order valence-corrected chi connectivity index (χ3v) is 7.58. The molecule has 0 spiro atoms. The molecule has 0 unspecified atom stereocenters. The Morgan fingerprint density at radius 3 is 2.05 bits per heavy atom. The van der Waals surface area contributed by atoms with Crippen molar-refractivity contribution >= 4 is 21.9 Å². The zero-order valence-corrected chi connectivity index (χ0v) is 22.5. The molecule has 0 N–H and O–H groups in total. The Kier molecular flexibility index (Phi) is 5.52. The largest absolute Gasteiger partial charge is 0.452 e. The van der Waals surface area contributed by atoms with Crippen LogP contribution < -0.4 is 4.57 Å². The van der Waals surface area contributed by atoms with Crippen molar-refractivity contribution in [2.75, 3.05) is 0 Å². The van der Waals surface area contributed by atoms with Gasteiger partial charge >= 0.3 is 0 Å². The topological polar surface area (TPSA) is 21.9 Å². The lowest BCUT2D eigenvalue weighted by Crippen LogP contribution is -2.36. The number of aryl methyl sites for hydroxylation is 3. The van der Waals surface area contributed by atoms with Gasteiger partial charge in [0.25, 0.3) is 5.82 Å². The molecule has 4 aromatic carbocycles. The Morgan fingerprint density at radius 2 is 1.35 bits per heavy atom. The third kappa shape index (κ3) is 3.53. The number of furan rings is 1. The molecule has 0 aliphatic heterocycles. The zero-order valence-electron chi connectivity index (χ0n) is 22.5. The van der Waals surface area contributed by atoms with Crippen molar-refractivity contribution in [2.45, 2.75) is 47.5 Å². The minimum absolute atomic E-state index is 0.319. The van der Waals surface area contributed by atoms with Crippen LogP contribution in [0.5, 0.6) is 0 Å². The van der Waals surface area contributed by atoms with E-state index in [0.29, 0.717) is 5.92 Å². The van der Waals surface area contributed by atoms with Gasteiger partial charge in [0, 0.05) is 29.2 Å². The van der Waals surface area contributed by atoms with Gasteiger partial charge in [-0.3, -0.25) is 0 Å². The Balaban J connectivity index is 1.85. The molecule has 0 radical (unpaired) electrons. The summed E-state index contributed by atoms with van der Waals surface area (Å²) >= 11 is 0. The summed E-state index contributed by atoms with van der Waals surface area (Å²) in [6.07, 6.45) is 0. The van der Waals surface area contributed by atoms with Crippen LogP contribution in [0.2, 0.25) is 0 Å². The predicted octanol–water partition coefficient (Wildman–Crippen LogP) is 8.68. The van der Waals surface area contributed by atoms with E-state index < -0.39 is 0 Å². The quantitative estimate of drug-likeness (QED) is 0.229. The van der Waals surface area contributed by atoms with Crippen molar-refractivity contribution in [1.29, 1.82) is 0 Å². The van der Waals surface area contributed by atoms with Crippen LogP contribution in [0.15, 0.2) is 89.3 Å². The SMILES string of the molecule is Cc1cccc(C)c1-c1n(-c2ccccc2)c(C(C)C)c(C)[n+]1-c1c(C)ccc2c1oc1ccccc12. The second-order valence-electron chi connectivity index (χ2n) is 10.4. The van der Waals surface area contributed by atoms with E-state index in [-0.39, 0.29) is 0 Å². The van der Waals surface area contributed by atoms with Gasteiger partial charge in [0.15, 0.2) is 17.0 Å². The molecule has 2 heterocycles. The van der Waals surface area contributed by atoms with Gasteiger partial charge in [-0.2, -0.15) is 9.13 Å². The maximum Gasteiger partial charge on any atom is 0.300 e. The van der Waals surface area contributed by atoms with Gasteiger partial charge in [-0.15, -0.1) is 0 Å². The molecule has 0 aliphatic rings.